The molecule has 6 nitrogen and oxygen atoms in total. The average molecular weight is 298 g/mol. The molecule has 0 bridgehead atoms. The number of halogens is 4. The highest BCUT2D eigenvalue weighted by molar-refractivity contribution is 7.87. The van der Waals surface area contributed by atoms with E-state index in [2.05, 4.69) is 9.47 Å². The van der Waals surface area contributed by atoms with Gasteiger partial charge in [0.05, 0.1) is 13.7 Å². The molecule has 0 aliphatic rings. The van der Waals surface area contributed by atoms with Gasteiger partial charge in [-0.3, -0.25) is 4.55 Å². The van der Waals surface area contributed by atoms with Crippen molar-refractivity contribution in [3.63, 3.8) is 0 Å². The summed E-state index contributed by atoms with van der Waals surface area (Å²) in [4.78, 5) is 10.5. The Hall–Kier alpha value is -0.940. The summed E-state index contributed by atoms with van der Waals surface area (Å²) in [5, 5.41) is -5.63. The van der Waals surface area contributed by atoms with Crippen LogP contribution in [0.15, 0.2) is 0 Å². The van der Waals surface area contributed by atoms with E-state index >= 15 is 0 Å². The van der Waals surface area contributed by atoms with Crippen molar-refractivity contribution in [2.24, 2.45) is 0 Å². The van der Waals surface area contributed by atoms with Crippen molar-refractivity contribution in [3.05, 3.63) is 0 Å². The Morgan fingerprint density at radius 2 is 1.78 bits per heavy atom. The Bertz CT molecular complexity index is 393. The first kappa shape index (κ1) is 17.1. The molecule has 0 spiro atoms. The molecular weight excluding hydrogens is 288 g/mol. The van der Waals surface area contributed by atoms with E-state index in [4.69, 9.17) is 4.55 Å². The Kier molecular flexibility index (Phi) is 5.50. The highest BCUT2D eigenvalue weighted by atomic mass is 32.2. The summed E-state index contributed by atoms with van der Waals surface area (Å²) in [5.74, 6) is -5.95. The van der Waals surface area contributed by atoms with Gasteiger partial charge in [0.2, 0.25) is 0 Å². The molecule has 0 aliphatic carbocycles. The first-order chi connectivity index (χ1) is 7.95. The lowest BCUT2D eigenvalue weighted by Crippen LogP contribution is -2.47. The van der Waals surface area contributed by atoms with Gasteiger partial charge in [-0.05, 0) is 0 Å². The molecule has 0 saturated heterocycles. The fourth-order valence-corrected chi connectivity index (χ4v) is 1.23. The molecule has 0 fully saturated rings. The number of methoxy groups -OCH3 is 1. The minimum Gasteiger partial charge on any atom is -0.467 e. The Morgan fingerprint density at radius 1 is 1.28 bits per heavy atom. The summed E-state index contributed by atoms with van der Waals surface area (Å²) in [6, 6.07) is 0. The van der Waals surface area contributed by atoms with Gasteiger partial charge in [0.25, 0.3) is 0 Å². The van der Waals surface area contributed by atoms with Crippen molar-refractivity contribution < 1.29 is 44.8 Å². The van der Waals surface area contributed by atoms with Crippen LogP contribution < -0.4 is 0 Å². The van der Waals surface area contributed by atoms with Crippen LogP contribution in [0.3, 0.4) is 0 Å². The zero-order valence-electron chi connectivity index (χ0n) is 9.03. The molecule has 0 heterocycles. The molecule has 0 aromatic heterocycles. The predicted octanol–water partition coefficient (Wildman–Crippen LogP) is 0.682. The molecular formula is C7H10F4O6S. The maximum atomic E-state index is 12.8. The lowest BCUT2D eigenvalue weighted by Gasteiger charge is -2.23. The highest BCUT2D eigenvalue weighted by Crippen LogP contribution is 2.40. The van der Waals surface area contributed by atoms with Crippen molar-refractivity contribution in [1.29, 1.82) is 0 Å². The predicted molar refractivity (Wildman–Crippen MR) is 48.9 cm³/mol. The van der Waals surface area contributed by atoms with Gasteiger partial charge in [0, 0.05) is 6.42 Å². The molecule has 18 heavy (non-hydrogen) atoms. The van der Waals surface area contributed by atoms with Crippen LogP contribution in [0.2, 0.25) is 0 Å². The SMILES string of the molecule is COC(=O)COCCC(F)(F)C(F)(F)S(=O)(=O)O. The number of alkyl halides is 4. The van der Waals surface area contributed by atoms with Gasteiger partial charge in [0.15, 0.2) is 0 Å². The number of hydrogen-bond donors (Lipinski definition) is 1. The van der Waals surface area contributed by atoms with Crippen LogP contribution in [-0.2, 0) is 24.4 Å². The fraction of sp³-hybridized carbons (Fsp3) is 0.857. The minimum atomic E-state index is -6.25. The van der Waals surface area contributed by atoms with Crippen molar-refractivity contribution in [2.75, 3.05) is 20.3 Å². The molecule has 0 unspecified atom stereocenters. The van der Waals surface area contributed by atoms with E-state index < -0.39 is 46.9 Å². The Morgan fingerprint density at radius 3 is 2.17 bits per heavy atom. The average Bonchev–Trinajstić information content (AvgIpc) is 2.22. The number of rotatable bonds is 7. The van der Waals surface area contributed by atoms with Gasteiger partial charge in [-0.25, -0.2) is 4.79 Å². The Labute approximate surface area is 99.6 Å². The normalized spacial score (nSPS) is 13.4. The van der Waals surface area contributed by atoms with Crippen molar-refractivity contribution >= 4 is 16.1 Å². The number of carbonyl (C=O) groups is 1. The fourth-order valence-electron chi connectivity index (χ4n) is 0.749. The van der Waals surface area contributed by atoms with E-state index in [1.165, 1.54) is 0 Å². The zero-order chi connectivity index (χ0) is 14.6. The summed E-state index contributed by atoms with van der Waals surface area (Å²) >= 11 is 0. The van der Waals surface area contributed by atoms with E-state index in [1.54, 1.807) is 0 Å². The van der Waals surface area contributed by atoms with Crippen LogP contribution in [-0.4, -0.2) is 50.4 Å². The smallest absolute Gasteiger partial charge is 0.431 e. The number of ether oxygens (including phenoxy) is 2. The second-order valence-corrected chi connectivity index (χ2v) is 4.54. The topological polar surface area (TPSA) is 89.9 Å². The van der Waals surface area contributed by atoms with Crippen molar-refractivity contribution in [2.45, 2.75) is 17.6 Å². The second-order valence-electron chi connectivity index (χ2n) is 3.08. The monoisotopic (exact) mass is 298 g/mol. The van der Waals surface area contributed by atoms with Crippen LogP contribution in [0.25, 0.3) is 0 Å². The maximum absolute atomic E-state index is 12.8. The molecule has 0 amide bonds. The quantitative estimate of drug-likeness (QED) is 0.322. The zero-order valence-corrected chi connectivity index (χ0v) is 9.85. The summed E-state index contributed by atoms with van der Waals surface area (Å²) in [6.07, 6.45) is -1.70. The van der Waals surface area contributed by atoms with Crippen LogP contribution in [0.1, 0.15) is 6.42 Å². The molecule has 0 aliphatic heterocycles. The van der Waals surface area contributed by atoms with Gasteiger partial charge in [-0.15, -0.1) is 0 Å². The second kappa shape index (κ2) is 5.80. The molecule has 108 valence electrons. The van der Waals surface area contributed by atoms with Crippen LogP contribution in [0.5, 0.6) is 0 Å². The molecule has 0 atom stereocenters. The molecule has 1 N–H and O–H groups in total. The van der Waals surface area contributed by atoms with Gasteiger partial charge < -0.3 is 9.47 Å². The largest absolute Gasteiger partial charge is 0.467 e. The number of carbonyl (C=O) groups excluding carboxylic acids is 1. The highest BCUT2D eigenvalue weighted by Gasteiger charge is 2.65. The molecule has 0 radical (unpaired) electrons. The van der Waals surface area contributed by atoms with Gasteiger partial charge in [-0.2, -0.15) is 26.0 Å². The summed E-state index contributed by atoms with van der Waals surface area (Å²) in [5.41, 5.74) is 0. The summed E-state index contributed by atoms with van der Waals surface area (Å²) in [6.45, 7) is -1.77. The van der Waals surface area contributed by atoms with E-state index in [0.29, 0.717) is 0 Å². The van der Waals surface area contributed by atoms with Crippen molar-refractivity contribution in [1.82, 2.24) is 0 Å². The van der Waals surface area contributed by atoms with Crippen LogP contribution in [0.4, 0.5) is 17.6 Å². The third-order valence-corrected chi connectivity index (χ3v) is 2.70. The van der Waals surface area contributed by atoms with Gasteiger partial charge in [0.1, 0.15) is 6.61 Å². The van der Waals surface area contributed by atoms with E-state index in [0.717, 1.165) is 7.11 Å². The van der Waals surface area contributed by atoms with E-state index in [9.17, 15) is 30.8 Å². The van der Waals surface area contributed by atoms with E-state index in [1.807, 2.05) is 0 Å². The van der Waals surface area contributed by atoms with E-state index in [-0.39, 0.29) is 0 Å². The lowest BCUT2D eigenvalue weighted by atomic mass is 10.2. The number of esters is 1. The third-order valence-electron chi connectivity index (χ3n) is 1.76. The molecule has 0 saturated carbocycles. The molecule has 0 aromatic rings. The third kappa shape index (κ3) is 4.07. The Balaban J connectivity index is 4.45. The molecule has 0 aromatic carbocycles. The van der Waals surface area contributed by atoms with Crippen molar-refractivity contribution in [3.8, 4) is 0 Å². The lowest BCUT2D eigenvalue weighted by molar-refractivity contribution is -0.173. The van der Waals surface area contributed by atoms with Gasteiger partial charge in [-0.1, -0.05) is 0 Å². The van der Waals surface area contributed by atoms with Gasteiger partial charge >= 0.3 is 27.3 Å². The maximum Gasteiger partial charge on any atom is 0.431 e. The summed E-state index contributed by atoms with van der Waals surface area (Å²) in [7, 11) is -5.26. The molecule has 0 rings (SSSR count). The first-order valence-corrected chi connectivity index (χ1v) is 5.77. The molecule has 11 heteroatoms. The first-order valence-electron chi connectivity index (χ1n) is 4.33. The summed E-state index contributed by atoms with van der Waals surface area (Å²) < 4.78 is 87.4. The number of hydrogen-bond acceptors (Lipinski definition) is 5. The van der Waals surface area contributed by atoms with Crippen LogP contribution >= 0.6 is 0 Å². The standard InChI is InChI=1S/C7H10F4O6S/c1-16-5(12)4-17-3-2-6(8,9)7(10,11)18(13,14)15/h2-4H2,1H3,(H,13,14,15). The van der Waals surface area contributed by atoms with Crippen LogP contribution in [0, 0.1) is 0 Å². The minimum absolute atomic E-state index is 0.746.